The molecule has 1 aromatic carbocycles. The van der Waals surface area contributed by atoms with Crippen LogP contribution in [0.3, 0.4) is 0 Å². The summed E-state index contributed by atoms with van der Waals surface area (Å²) in [7, 11) is -3.58. The van der Waals surface area contributed by atoms with Crippen molar-refractivity contribution in [1.29, 1.82) is 0 Å². The minimum Gasteiger partial charge on any atom is -0.365 e. The van der Waals surface area contributed by atoms with Crippen LogP contribution in [0.15, 0.2) is 35.6 Å². The first-order valence-electron chi connectivity index (χ1n) is 8.57. The van der Waals surface area contributed by atoms with Crippen molar-refractivity contribution in [2.24, 2.45) is 0 Å². The van der Waals surface area contributed by atoms with Gasteiger partial charge in [0.25, 0.3) is 5.91 Å². The molecule has 7 nitrogen and oxygen atoms in total. The fourth-order valence-corrected chi connectivity index (χ4v) is 3.81. The number of nitrogens with zero attached hydrogens (tertiary/aromatic N) is 4. The number of aryl methyl sites for hydroxylation is 1. The molecule has 0 N–H and O–H groups in total. The number of carbonyl (C=O) groups is 1. The molecule has 1 aliphatic heterocycles. The number of aromatic nitrogens is 2. The van der Waals surface area contributed by atoms with Crippen molar-refractivity contribution in [3.63, 3.8) is 0 Å². The van der Waals surface area contributed by atoms with Crippen molar-refractivity contribution in [1.82, 2.24) is 9.97 Å². The molecule has 1 saturated carbocycles. The first-order chi connectivity index (χ1) is 12.4. The normalized spacial score (nSPS) is 17.2. The van der Waals surface area contributed by atoms with Crippen LogP contribution in [0.4, 0.5) is 11.4 Å². The van der Waals surface area contributed by atoms with Crippen molar-refractivity contribution < 1.29 is 13.2 Å². The third kappa shape index (κ3) is 2.94. The zero-order chi connectivity index (χ0) is 18.5. The molecule has 0 unspecified atom stereocenters. The quantitative estimate of drug-likeness (QED) is 0.764. The van der Waals surface area contributed by atoms with Gasteiger partial charge in [0.2, 0.25) is 15.0 Å². The number of carbonyl (C=O) groups excluding carboxylic acids is 1. The number of fused-ring (bicyclic) bond motifs is 1. The van der Waals surface area contributed by atoms with E-state index in [1.165, 1.54) is 19.0 Å². The van der Waals surface area contributed by atoms with E-state index in [0.29, 0.717) is 18.2 Å². The van der Waals surface area contributed by atoms with Gasteiger partial charge < -0.3 is 9.80 Å². The highest BCUT2D eigenvalue weighted by Gasteiger charge is 2.36. The summed E-state index contributed by atoms with van der Waals surface area (Å²) in [6.45, 7) is 3.02. The molecule has 0 radical (unpaired) electrons. The van der Waals surface area contributed by atoms with Gasteiger partial charge in [-0.1, -0.05) is 12.1 Å². The molecule has 136 valence electrons. The summed E-state index contributed by atoms with van der Waals surface area (Å²) in [5.41, 5.74) is 2.58. The molecular weight excluding hydrogens is 352 g/mol. The molecule has 1 aliphatic carbocycles. The average Bonchev–Trinajstić information content (AvgIpc) is 3.44. The second-order valence-corrected chi connectivity index (χ2v) is 8.74. The topological polar surface area (TPSA) is 83.5 Å². The summed E-state index contributed by atoms with van der Waals surface area (Å²) >= 11 is 0. The highest BCUT2D eigenvalue weighted by atomic mass is 32.2. The molecule has 0 spiro atoms. The van der Waals surface area contributed by atoms with Crippen LogP contribution in [-0.2, 0) is 9.84 Å². The van der Waals surface area contributed by atoms with Crippen molar-refractivity contribution >= 4 is 27.1 Å². The van der Waals surface area contributed by atoms with E-state index in [9.17, 15) is 13.2 Å². The Hall–Kier alpha value is -2.48. The van der Waals surface area contributed by atoms with Crippen LogP contribution in [0.2, 0.25) is 0 Å². The smallest absolute Gasteiger partial charge is 0.277 e. The fourth-order valence-electron chi connectivity index (χ4n) is 3.31. The summed E-state index contributed by atoms with van der Waals surface area (Å²) in [6, 6.07) is 8.40. The maximum Gasteiger partial charge on any atom is 0.277 e. The van der Waals surface area contributed by atoms with Gasteiger partial charge >= 0.3 is 0 Å². The van der Waals surface area contributed by atoms with Crippen LogP contribution in [-0.4, -0.2) is 49.7 Å². The largest absolute Gasteiger partial charge is 0.365 e. The van der Waals surface area contributed by atoms with Crippen LogP contribution in [0.5, 0.6) is 0 Å². The lowest BCUT2D eigenvalue weighted by Gasteiger charge is -2.38. The van der Waals surface area contributed by atoms with Gasteiger partial charge in [-0.2, -0.15) is 0 Å². The fraction of sp³-hybridized carbons (Fsp3) is 0.389. The maximum atomic E-state index is 13.2. The van der Waals surface area contributed by atoms with Gasteiger partial charge in [0.05, 0.1) is 11.4 Å². The minimum absolute atomic E-state index is 0.134. The SMILES string of the molecule is Cc1cnc(S(C)(=O)=O)nc1C(=O)N1CCN(C2CC2)c2ccccc21. The molecule has 1 aromatic heterocycles. The Morgan fingerprint density at radius 2 is 1.85 bits per heavy atom. The molecule has 4 rings (SSSR count). The molecule has 2 aliphatic rings. The molecule has 1 amide bonds. The van der Waals surface area contributed by atoms with Crippen LogP contribution in [0.25, 0.3) is 0 Å². The minimum atomic E-state index is -3.58. The summed E-state index contributed by atoms with van der Waals surface area (Å²) in [6.07, 6.45) is 4.80. The lowest BCUT2D eigenvalue weighted by Crippen LogP contribution is -2.45. The lowest BCUT2D eigenvalue weighted by atomic mass is 10.1. The molecular formula is C18H20N4O3S. The van der Waals surface area contributed by atoms with Gasteiger partial charge in [-0.25, -0.2) is 18.4 Å². The number of amides is 1. The third-order valence-corrected chi connectivity index (χ3v) is 5.62. The Bertz CT molecular complexity index is 986. The molecule has 1 fully saturated rings. The van der Waals surface area contributed by atoms with Crippen LogP contribution < -0.4 is 9.80 Å². The van der Waals surface area contributed by atoms with Gasteiger partial charge in [0.15, 0.2) is 0 Å². The van der Waals surface area contributed by atoms with Gasteiger partial charge in [-0.05, 0) is 37.5 Å². The van der Waals surface area contributed by atoms with E-state index in [4.69, 9.17) is 0 Å². The number of rotatable bonds is 3. The van der Waals surface area contributed by atoms with E-state index in [0.717, 1.165) is 24.2 Å². The molecule has 0 bridgehead atoms. The van der Waals surface area contributed by atoms with E-state index in [1.807, 2.05) is 24.3 Å². The summed E-state index contributed by atoms with van der Waals surface area (Å²) in [4.78, 5) is 25.1. The molecule has 0 atom stereocenters. The molecule has 26 heavy (non-hydrogen) atoms. The number of benzene rings is 1. The zero-order valence-corrected chi connectivity index (χ0v) is 15.5. The highest BCUT2D eigenvalue weighted by molar-refractivity contribution is 7.90. The van der Waals surface area contributed by atoms with Gasteiger partial charge in [-0.15, -0.1) is 0 Å². The maximum absolute atomic E-state index is 13.2. The van der Waals surface area contributed by atoms with E-state index >= 15 is 0 Å². The Morgan fingerprint density at radius 1 is 1.15 bits per heavy atom. The molecule has 2 aromatic rings. The number of hydrogen-bond donors (Lipinski definition) is 0. The molecule has 8 heteroatoms. The van der Waals surface area contributed by atoms with E-state index < -0.39 is 9.84 Å². The van der Waals surface area contributed by atoms with Crippen LogP contribution in [0.1, 0.15) is 28.9 Å². The standard InChI is InChI=1S/C18H20N4O3S/c1-12-11-19-18(26(2,24)25)20-16(12)17(23)22-10-9-21(13-7-8-13)14-5-3-4-6-15(14)22/h3-6,11,13H,7-10H2,1-2H3. The van der Waals surface area contributed by atoms with Crippen molar-refractivity contribution in [2.45, 2.75) is 31.0 Å². The number of sulfone groups is 1. The van der Waals surface area contributed by atoms with Crippen molar-refractivity contribution in [2.75, 3.05) is 29.1 Å². The first kappa shape index (κ1) is 17.0. The van der Waals surface area contributed by atoms with Crippen molar-refractivity contribution in [3.05, 3.63) is 41.7 Å². The second-order valence-electron chi connectivity index (χ2n) is 6.83. The number of hydrogen-bond acceptors (Lipinski definition) is 6. The Kier molecular flexibility index (Phi) is 3.95. The Labute approximate surface area is 152 Å². The second kappa shape index (κ2) is 6.05. The van der Waals surface area contributed by atoms with Gasteiger partial charge in [-0.3, -0.25) is 4.79 Å². The molecule has 2 heterocycles. The number of para-hydroxylation sites is 2. The summed E-state index contributed by atoms with van der Waals surface area (Å²) < 4.78 is 23.5. The summed E-state index contributed by atoms with van der Waals surface area (Å²) in [5.74, 6) is -0.294. The predicted molar refractivity (Wildman–Crippen MR) is 98.4 cm³/mol. The predicted octanol–water partition coefficient (Wildman–Crippen LogP) is 1.82. The van der Waals surface area contributed by atoms with Crippen LogP contribution >= 0.6 is 0 Å². The zero-order valence-electron chi connectivity index (χ0n) is 14.7. The van der Waals surface area contributed by atoms with E-state index in [-0.39, 0.29) is 16.8 Å². The van der Waals surface area contributed by atoms with Gasteiger partial charge in [0.1, 0.15) is 5.69 Å². The third-order valence-electron chi connectivity index (χ3n) is 4.76. The van der Waals surface area contributed by atoms with E-state index in [1.54, 1.807) is 11.8 Å². The van der Waals surface area contributed by atoms with Crippen LogP contribution in [0, 0.1) is 6.92 Å². The Balaban J connectivity index is 1.74. The first-order valence-corrected chi connectivity index (χ1v) is 10.5. The summed E-state index contributed by atoms with van der Waals surface area (Å²) in [5, 5.41) is -0.323. The molecule has 0 saturated heterocycles. The lowest BCUT2D eigenvalue weighted by molar-refractivity contribution is 0.0980. The number of anilines is 2. The van der Waals surface area contributed by atoms with Crippen molar-refractivity contribution in [3.8, 4) is 0 Å². The highest BCUT2D eigenvalue weighted by Crippen LogP contribution is 2.40. The monoisotopic (exact) mass is 372 g/mol. The van der Waals surface area contributed by atoms with E-state index in [2.05, 4.69) is 14.9 Å². The van der Waals surface area contributed by atoms with Gasteiger partial charge in [0, 0.05) is 31.6 Å². The average molecular weight is 372 g/mol. The Morgan fingerprint density at radius 3 is 2.50 bits per heavy atom.